The van der Waals surface area contributed by atoms with Crippen molar-refractivity contribution in [3.63, 3.8) is 0 Å². The van der Waals surface area contributed by atoms with Gasteiger partial charge in [0.15, 0.2) is 0 Å². The smallest absolute Gasteiger partial charge is 0.0589 e. The summed E-state index contributed by atoms with van der Waals surface area (Å²) in [5.74, 6) is 0. The van der Waals surface area contributed by atoms with Gasteiger partial charge in [-0.2, -0.15) is 0 Å². The predicted octanol–water partition coefficient (Wildman–Crippen LogP) is 0.982. The average molecular weight is 269 g/mol. The zero-order chi connectivity index (χ0) is 13.7. The Morgan fingerprint density at radius 2 is 1.53 bits per heavy atom. The first-order valence-electron chi connectivity index (χ1n) is 7.73. The molecule has 2 saturated heterocycles. The lowest BCUT2D eigenvalue weighted by molar-refractivity contribution is 0.0476. The third kappa shape index (κ3) is 4.71. The number of methoxy groups -OCH3 is 1. The van der Waals surface area contributed by atoms with Crippen LogP contribution in [0, 0.1) is 5.41 Å². The van der Waals surface area contributed by atoms with E-state index in [0.717, 1.165) is 13.2 Å². The second-order valence-corrected chi connectivity index (χ2v) is 6.72. The van der Waals surface area contributed by atoms with E-state index in [-0.39, 0.29) is 0 Å². The standard InChI is InChI=1S/C15H31N3O/c1-15(4-6-16(2)7-5-15)14-18-10-8-17(9-11-18)12-13-19-3/h4-14H2,1-3H3. The second kappa shape index (κ2) is 7.02. The molecule has 112 valence electrons. The fraction of sp³-hybridized carbons (Fsp3) is 1.00. The van der Waals surface area contributed by atoms with Crippen LogP contribution in [0.4, 0.5) is 0 Å². The van der Waals surface area contributed by atoms with Crippen molar-refractivity contribution < 1.29 is 4.74 Å². The number of piperazine rings is 1. The molecule has 2 fully saturated rings. The van der Waals surface area contributed by atoms with Crippen molar-refractivity contribution in [1.82, 2.24) is 14.7 Å². The van der Waals surface area contributed by atoms with E-state index in [1.165, 1.54) is 58.7 Å². The van der Waals surface area contributed by atoms with Gasteiger partial charge in [0.05, 0.1) is 6.61 Å². The Hall–Kier alpha value is -0.160. The molecule has 4 nitrogen and oxygen atoms in total. The van der Waals surface area contributed by atoms with Crippen molar-refractivity contribution in [2.45, 2.75) is 19.8 Å². The van der Waals surface area contributed by atoms with Gasteiger partial charge in [0, 0.05) is 46.4 Å². The normalized spacial score (nSPS) is 26.7. The first kappa shape index (κ1) is 15.2. The van der Waals surface area contributed by atoms with Crippen LogP contribution in [0.1, 0.15) is 19.8 Å². The Balaban J connectivity index is 1.70. The van der Waals surface area contributed by atoms with Crippen LogP contribution in [-0.4, -0.2) is 87.8 Å². The molecule has 0 unspecified atom stereocenters. The minimum absolute atomic E-state index is 0.543. The van der Waals surface area contributed by atoms with Crippen molar-refractivity contribution in [3.8, 4) is 0 Å². The molecule has 0 atom stereocenters. The van der Waals surface area contributed by atoms with E-state index in [9.17, 15) is 0 Å². The molecule has 0 saturated carbocycles. The SMILES string of the molecule is COCCN1CCN(CC2(C)CCN(C)CC2)CC1. The number of likely N-dealkylation sites (tertiary alicyclic amines) is 1. The summed E-state index contributed by atoms with van der Waals surface area (Å²) in [6.07, 6.45) is 2.71. The van der Waals surface area contributed by atoms with Crippen LogP contribution >= 0.6 is 0 Å². The summed E-state index contributed by atoms with van der Waals surface area (Å²) >= 11 is 0. The van der Waals surface area contributed by atoms with Gasteiger partial charge >= 0.3 is 0 Å². The second-order valence-electron chi connectivity index (χ2n) is 6.72. The van der Waals surface area contributed by atoms with E-state index in [1.807, 2.05) is 0 Å². The maximum absolute atomic E-state index is 5.16. The maximum Gasteiger partial charge on any atom is 0.0589 e. The summed E-state index contributed by atoms with van der Waals surface area (Å²) < 4.78 is 5.16. The van der Waals surface area contributed by atoms with Crippen LogP contribution in [0.2, 0.25) is 0 Å². The highest BCUT2D eigenvalue weighted by Crippen LogP contribution is 2.31. The van der Waals surface area contributed by atoms with Gasteiger partial charge in [-0.25, -0.2) is 0 Å². The molecule has 0 amide bonds. The maximum atomic E-state index is 5.16. The molecule has 0 aromatic rings. The molecular formula is C15H31N3O. The molecule has 0 radical (unpaired) electrons. The van der Waals surface area contributed by atoms with Crippen molar-refractivity contribution in [2.75, 3.05) is 73.1 Å². The van der Waals surface area contributed by atoms with Gasteiger partial charge < -0.3 is 14.5 Å². The first-order valence-corrected chi connectivity index (χ1v) is 7.73. The Kier molecular flexibility index (Phi) is 5.63. The van der Waals surface area contributed by atoms with Gasteiger partial charge in [0.2, 0.25) is 0 Å². The van der Waals surface area contributed by atoms with Gasteiger partial charge in [-0.3, -0.25) is 4.90 Å². The molecule has 0 aliphatic carbocycles. The molecule has 0 aromatic heterocycles. The third-order valence-corrected chi connectivity index (χ3v) is 4.88. The lowest BCUT2D eigenvalue weighted by atomic mass is 9.80. The molecule has 0 N–H and O–H groups in total. The zero-order valence-corrected chi connectivity index (χ0v) is 13.0. The molecule has 19 heavy (non-hydrogen) atoms. The highest BCUT2D eigenvalue weighted by Gasteiger charge is 2.31. The van der Waals surface area contributed by atoms with Crippen LogP contribution in [-0.2, 0) is 4.74 Å². The van der Waals surface area contributed by atoms with Crippen LogP contribution in [0.5, 0.6) is 0 Å². The van der Waals surface area contributed by atoms with E-state index >= 15 is 0 Å². The minimum Gasteiger partial charge on any atom is -0.383 e. The van der Waals surface area contributed by atoms with E-state index < -0.39 is 0 Å². The number of piperidine rings is 1. The summed E-state index contributed by atoms with van der Waals surface area (Å²) in [4.78, 5) is 7.66. The van der Waals surface area contributed by atoms with Crippen LogP contribution < -0.4 is 0 Å². The average Bonchev–Trinajstić information content (AvgIpc) is 2.42. The number of nitrogens with zero attached hydrogens (tertiary/aromatic N) is 3. The highest BCUT2D eigenvalue weighted by atomic mass is 16.5. The lowest BCUT2D eigenvalue weighted by Gasteiger charge is -2.43. The number of ether oxygens (including phenoxy) is 1. The van der Waals surface area contributed by atoms with E-state index in [1.54, 1.807) is 7.11 Å². The van der Waals surface area contributed by atoms with E-state index in [2.05, 4.69) is 28.7 Å². The van der Waals surface area contributed by atoms with Crippen molar-refractivity contribution in [1.29, 1.82) is 0 Å². The number of hydrogen-bond acceptors (Lipinski definition) is 4. The summed E-state index contributed by atoms with van der Waals surface area (Å²) in [7, 11) is 4.03. The zero-order valence-electron chi connectivity index (χ0n) is 13.0. The summed E-state index contributed by atoms with van der Waals surface area (Å²) in [5.41, 5.74) is 0.543. The number of hydrogen-bond donors (Lipinski definition) is 0. The van der Waals surface area contributed by atoms with Crippen LogP contribution in [0.3, 0.4) is 0 Å². The first-order chi connectivity index (χ1) is 9.11. The minimum atomic E-state index is 0.543. The largest absolute Gasteiger partial charge is 0.383 e. The van der Waals surface area contributed by atoms with Gasteiger partial charge in [-0.15, -0.1) is 0 Å². The monoisotopic (exact) mass is 269 g/mol. The molecule has 2 rings (SSSR count). The fourth-order valence-electron chi connectivity index (χ4n) is 3.25. The van der Waals surface area contributed by atoms with Crippen molar-refractivity contribution in [2.24, 2.45) is 5.41 Å². The van der Waals surface area contributed by atoms with Gasteiger partial charge in [0.25, 0.3) is 0 Å². The Labute approximate surface area is 118 Å². The fourth-order valence-corrected chi connectivity index (χ4v) is 3.25. The Morgan fingerprint density at radius 1 is 0.947 bits per heavy atom. The summed E-state index contributed by atoms with van der Waals surface area (Å²) in [6.45, 7) is 13.1. The third-order valence-electron chi connectivity index (χ3n) is 4.88. The predicted molar refractivity (Wildman–Crippen MR) is 79.6 cm³/mol. The molecular weight excluding hydrogens is 238 g/mol. The van der Waals surface area contributed by atoms with Gasteiger partial charge in [0.1, 0.15) is 0 Å². The van der Waals surface area contributed by atoms with E-state index in [4.69, 9.17) is 4.74 Å². The van der Waals surface area contributed by atoms with Gasteiger partial charge in [-0.1, -0.05) is 6.92 Å². The molecule has 0 aromatic carbocycles. The van der Waals surface area contributed by atoms with E-state index in [0.29, 0.717) is 5.41 Å². The Morgan fingerprint density at radius 3 is 2.11 bits per heavy atom. The van der Waals surface area contributed by atoms with Crippen molar-refractivity contribution >= 4 is 0 Å². The highest BCUT2D eigenvalue weighted by molar-refractivity contribution is 4.86. The molecule has 2 aliphatic rings. The van der Waals surface area contributed by atoms with Gasteiger partial charge in [-0.05, 0) is 38.4 Å². The molecule has 2 heterocycles. The Bertz CT molecular complexity index is 256. The van der Waals surface area contributed by atoms with Crippen molar-refractivity contribution in [3.05, 3.63) is 0 Å². The summed E-state index contributed by atoms with van der Waals surface area (Å²) in [6, 6.07) is 0. The molecule has 2 aliphatic heterocycles. The summed E-state index contributed by atoms with van der Waals surface area (Å²) in [5, 5.41) is 0. The topological polar surface area (TPSA) is 19.0 Å². The lowest BCUT2D eigenvalue weighted by Crippen LogP contribution is -2.51. The molecule has 4 heteroatoms. The van der Waals surface area contributed by atoms with Crippen LogP contribution in [0.25, 0.3) is 0 Å². The van der Waals surface area contributed by atoms with Crippen LogP contribution in [0.15, 0.2) is 0 Å². The number of rotatable bonds is 5. The molecule has 0 bridgehead atoms. The quantitative estimate of drug-likeness (QED) is 0.740. The molecule has 0 spiro atoms.